The van der Waals surface area contributed by atoms with Crippen LogP contribution in [0.3, 0.4) is 0 Å². The molecule has 0 saturated carbocycles. The zero-order valence-corrected chi connectivity index (χ0v) is 17.2. The highest BCUT2D eigenvalue weighted by atomic mass is 32.1. The van der Waals surface area contributed by atoms with Crippen molar-refractivity contribution in [1.29, 1.82) is 0 Å². The normalized spacial score (nSPS) is 13.6. The fraction of sp³-hybridized carbons (Fsp3) is 0.286. The Kier molecular flexibility index (Phi) is 4.49. The Labute approximate surface area is 171 Å². The summed E-state index contributed by atoms with van der Waals surface area (Å²) in [7, 11) is 0. The van der Waals surface area contributed by atoms with Crippen LogP contribution < -0.4 is 5.32 Å². The van der Waals surface area contributed by atoms with Gasteiger partial charge < -0.3 is 5.32 Å². The number of thiazole rings is 1. The molecule has 0 unspecified atom stereocenters. The lowest BCUT2D eigenvalue weighted by atomic mass is 9.96. The molecule has 0 aliphatic heterocycles. The second-order valence-corrected chi connectivity index (χ2v) is 9.02. The van der Waals surface area contributed by atoms with Crippen molar-refractivity contribution in [2.24, 2.45) is 0 Å². The molecule has 1 aliphatic carbocycles. The van der Waals surface area contributed by atoms with Gasteiger partial charge in [-0.1, -0.05) is 12.1 Å². The average molecular weight is 409 g/mol. The Bertz CT molecular complexity index is 1140. The Balaban J connectivity index is 1.60. The number of thiophene rings is 1. The van der Waals surface area contributed by atoms with E-state index in [1.807, 2.05) is 25.1 Å². The summed E-state index contributed by atoms with van der Waals surface area (Å²) in [6.45, 7) is 2.65. The summed E-state index contributed by atoms with van der Waals surface area (Å²) in [5, 5.41) is 9.31. The molecular weight excluding hydrogens is 388 g/mol. The molecule has 142 valence electrons. The second kappa shape index (κ2) is 7.14. The summed E-state index contributed by atoms with van der Waals surface area (Å²) in [5.41, 5.74) is 4.09. The zero-order valence-electron chi connectivity index (χ0n) is 15.6. The lowest BCUT2D eigenvalue weighted by Crippen LogP contribution is -2.17. The van der Waals surface area contributed by atoms with Gasteiger partial charge in [-0.25, -0.2) is 4.98 Å². The Morgan fingerprint density at radius 2 is 2.04 bits per heavy atom. The van der Waals surface area contributed by atoms with Crippen LogP contribution >= 0.6 is 22.7 Å². The van der Waals surface area contributed by atoms with E-state index in [4.69, 9.17) is 4.98 Å². The van der Waals surface area contributed by atoms with Gasteiger partial charge in [0.2, 0.25) is 0 Å². The van der Waals surface area contributed by atoms with E-state index in [2.05, 4.69) is 16.5 Å². The first-order valence-electron chi connectivity index (χ1n) is 9.58. The fourth-order valence-electron chi connectivity index (χ4n) is 3.80. The van der Waals surface area contributed by atoms with Gasteiger partial charge in [0.05, 0.1) is 10.2 Å². The number of hydrogen-bond donors (Lipinski definition) is 1. The molecule has 5 nitrogen and oxygen atoms in total. The number of amides is 1. The number of carbonyl (C=O) groups excluding carboxylic acids is 1. The molecule has 7 heteroatoms. The van der Waals surface area contributed by atoms with Gasteiger partial charge in [-0.15, -0.1) is 22.7 Å². The molecule has 1 aliphatic rings. The molecule has 3 aromatic heterocycles. The summed E-state index contributed by atoms with van der Waals surface area (Å²) < 4.78 is 2.90. The highest BCUT2D eigenvalue weighted by Crippen LogP contribution is 2.46. The number of nitrogens with zero attached hydrogens (tertiary/aromatic N) is 3. The van der Waals surface area contributed by atoms with Crippen LogP contribution in [-0.4, -0.2) is 20.7 Å². The first-order valence-corrected chi connectivity index (χ1v) is 11.2. The molecule has 0 radical (unpaired) electrons. The SMILES string of the molecule is CCn1nccc1C(=O)Nc1sc2c(c1-c1nc3ccccc3s1)CCCC2. The predicted molar refractivity (Wildman–Crippen MR) is 115 cm³/mol. The van der Waals surface area contributed by atoms with Gasteiger partial charge in [-0.3, -0.25) is 9.48 Å². The number of carbonyl (C=O) groups is 1. The molecule has 4 aromatic rings. The van der Waals surface area contributed by atoms with E-state index in [0.717, 1.165) is 33.9 Å². The summed E-state index contributed by atoms with van der Waals surface area (Å²) >= 11 is 3.41. The minimum absolute atomic E-state index is 0.111. The van der Waals surface area contributed by atoms with E-state index < -0.39 is 0 Å². The largest absolute Gasteiger partial charge is 0.312 e. The second-order valence-electron chi connectivity index (χ2n) is 6.89. The topological polar surface area (TPSA) is 59.8 Å². The fourth-order valence-corrected chi connectivity index (χ4v) is 6.20. The van der Waals surface area contributed by atoms with Crippen LogP contribution in [0.25, 0.3) is 20.8 Å². The van der Waals surface area contributed by atoms with Crippen LogP contribution in [0.15, 0.2) is 36.5 Å². The molecule has 3 heterocycles. The van der Waals surface area contributed by atoms with Gasteiger partial charge in [-0.05, 0) is 56.4 Å². The Hall–Kier alpha value is -2.51. The van der Waals surface area contributed by atoms with Gasteiger partial charge in [0.15, 0.2) is 0 Å². The van der Waals surface area contributed by atoms with Crippen LogP contribution in [0.4, 0.5) is 5.00 Å². The number of rotatable bonds is 4. The van der Waals surface area contributed by atoms with E-state index in [9.17, 15) is 4.79 Å². The third-order valence-electron chi connectivity index (χ3n) is 5.15. The summed E-state index contributed by atoms with van der Waals surface area (Å²) in [6, 6.07) is 9.98. The van der Waals surface area contributed by atoms with Gasteiger partial charge in [0.25, 0.3) is 5.91 Å². The third kappa shape index (κ3) is 2.95. The van der Waals surface area contributed by atoms with E-state index in [0.29, 0.717) is 12.2 Å². The minimum atomic E-state index is -0.111. The van der Waals surface area contributed by atoms with Crippen LogP contribution in [0.1, 0.15) is 40.7 Å². The smallest absolute Gasteiger partial charge is 0.274 e. The monoisotopic (exact) mass is 408 g/mol. The van der Waals surface area contributed by atoms with Gasteiger partial charge >= 0.3 is 0 Å². The number of nitrogens with one attached hydrogen (secondary N) is 1. The van der Waals surface area contributed by atoms with Crippen molar-refractivity contribution in [2.75, 3.05) is 5.32 Å². The average Bonchev–Trinajstić information content (AvgIpc) is 3.42. The highest BCUT2D eigenvalue weighted by Gasteiger charge is 2.26. The van der Waals surface area contributed by atoms with Crippen molar-refractivity contribution < 1.29 is 4.79 Å². The zero-order chi connectivity index (χ0) is 19.1. The third-order valence-corrected chi connectivity index (χ3v) is 7.42. The number of para-hydroxylation sites is 1. The van der Waals surface area contributed by atoms with E-state index in [-0.39, 0.29) is 5.91 Å². The molecule has 1 aromatic carbocycles. The molecular formula is C21H20N4OS2. The van der Waals surface area contributed by atoms with Crippen LogP contribution in [0, 0.1) is 0 Å². The maximum Gasteiger partial charge on any atom is 0.274 e. The number of hydrogen-bond acceptors (Lipinski definition) is 5. The quantitative estimate of drug-likeness (QED) is 0.494. The minimum Gasteiger partial charge on any atom is -0.312 e. The molecule has 28 heavy (non-hydrogen) atoms. The molecule has 1 amide bonds. The van der Waals surface area contributed by atoms with Gasteiger partial charge in [0.1, 0.15) is 15.7 Å². The molecule has 5 rings (SSSR count). The molecule has 0 bridgehead atoms. The number of aromatic nitrogens is 3. The lowest BCUT2D eigenvalue weighted by molar-refractivity contribution is 0.101. The Morgan fingerprint density at radius 1 is 1.18 bits per heavy atom. The van der Waals surface area contributed by atoms with E-state index in [1.54, 1.807) is 39.6 Å². The van der Waals surface area contributed by atoms with Crippen LogP contribution in [-0.2, 0) is 19.4 Å². The van der Waals surface area contributed by atoms with Crippen molar-refractivity contribution >= 4 is 43.8 Å². The van der Waals surface area contributed by atoms with Crippen molar-refractivity contribution in [1.82, 2.24) is 14.8 Å². The van der Waals surface area contributed by atoms with Crippen LogP contribution in [0.2, 0.25) is 0 Å². The lowest BCUT2D eigenvalue weighted by Gasteiger charge is -2.12. The molecule has 0 saturated heterocycles. The maximum absolute atomic E-state index is 12.9. The predicted octanol–water partition coefficient (Wildman–Crippen LogP) is 5.37. The number of benzene rings is 1. The first kappa shape index (κ1) is 17.6. The van der Waals surface area contributed by atoms with Gasteiger partial charge in [0, 0.05) is 23.2 Å². The summed E-state index contributed by atoms with van der Waals surface area (Å²) in [4.78, 5) is 19.2. The van der Waals surface area contributed by atoms with E-state index >= 15 is 0 Å². The molecule has 0 atom stereocenters. The van der Waals surface area contributed by atoms with Crippen LogP contribution in [0.5, 0.6) is 0 Å². The summed E-state index contributed by atoms with van der Waals surface area (Å²) in [5.74, 6) is -0.111. The first-order chi connectivity index (χ1) is 13.7. The highest BCUT2D eigenvalue weighted by molar-refractivity contribution is 7.22. The maximum atomic E-state index is 12.9. The number of anilines is 1. The van der Waals surface area contributed by atoms with E-state index in [1.165, 1.54) is 28.0 Å². The molecule has 0 fully saturated rings. The number of fused-ring (bicyclic) bond motifs is 2. The number of aryl methyl sites for hydroxylation is 2. The summed E-state index contributed by atoms with van der Waals surface area (Å²) in [6.07, 6.45) is 6.22. The molecule has 1 N–H and O–H groups in total. The van der Waals surface area contributed by atoms with Crippen molar-refractivity contribution in [3.8, 4) is 10.6 Å². The Morgan fingerprint density at radius 3 is 2.89 bits per heavy atom. The van der Waals surface area contributed by atoms with Crippen molar-refractivity contribution in [2.45, 2.75) is 39.2 Å². The van der Waals surface area contributed by atoms with Crippen molar-refractivity contribution in [3.05, 3.63) is 52.7 Å². The van der Waals surface area contributed by atoms with Crippen molar-refractivity contribution in [3.63, 3.8) is 0 Å². The van der Waals surface area contributed by atoms with Gasteiger partial charge in [-0.2, -0.15) is 5.10 Å². The molecule has 0 spiro atoms. The standard InChI is InChI=1S/C21H20N4OS2/c1-2-25-15(11-12-22-25)19(26)24-21-18(13-7-3-5-9-16(13)27-21)20-23-14-8-4-6-10-17(14)28-20/h4,6,8,10-12H,2-3,5,7,9H2,1H3,(H,24,26).